The molecule has 1 aliphatic rings. The lowest BCUT2D eigenvalue weighted by Gasteiger charge is -2.21. The smallest absolute Gasteiger partial charge is 0.309 e. The normalized spacial score (nSPS) is 30.9. The highest BCUT2D eigenvalue weighted by Gasteiger charge is 2.36. The molecule has 1 rings (SSSR count). The van der Waals surface area contributed by atoms with Crippen LogP contribution in [0.5, 0.6) is 0 Å². The molecule has 4 nitrogen and oxygen atoms in total. The van der Waals surface area contributed by atoms with E-state index in [1.54, 1.807) is 0 Å². The molecule has 0 bridgehead atoms. The van der Waals surface area contributed by atoms with Gasteiger partial charge in [-0.2, -0.15) is 0 Å². The van der Waals surface area contributed by atoms with E-state index in [2.05, 4.69) is 0 Å². The molecule has 5 heteroatoms. The Morgan fingerprint density at radius 2 is 1.93 bits per heavy atom. The number of carbonyl (C=O) groups excluding carboxylic acids is 1. The zero-order chi connectivity index (χ0) is 10.9. The number of esters is 1. The number of rotatable bonds is 1. The first kappa shape index (κ1) is 14.7. The lowest BCUT2D eigenvalue weighted by Crippen LogP contribution is -2.29. The van der Waals surface area contributed by atoms with Crippen molar-refractivity contribution in [2.45, 2.75) is 51.4 Å². The number of hydrogen-bond donors (Lipinski definition) is 2. The number of aliphatic hydroxyl groups excluding tert-OH is 1. The van der Waals surface area contributed by atoms with E-state index >= 15 is 0 Å². The minimum atomic E-state index is -0.562. The molecule has 0 amide bonds. The Labute approximate surface area is 96.6 Å². The van der Waals surface area contributed by atoms with Gasteiger partial charge < -0.3 is 15.6 Å². The second-order valence-electron chi connectivity index (χ2n) is 4.93. The zero-order valence-corrected chi connectivity index (χ0v) is 10.2. The fourth-order valence-corrected chi connectivity index (χ4v) is 1.63. The minimum Gasteiger partial charge on any atom is -0.460 e. The first-order chi connectivity index (χ1) is 6.29. The maximum atomic E-state index is 11.6. The Kier molecular flexibility index (Phi) is 5.03. The molecule has 1 saturated carbocycles. The molecule has 0 heterocycles. The molecule has 1 aliphatic carbocycles. The van der Waals surface area contributed by atoms with Crippen LogP contribution in [0, 0.1) is 5.92 Å². The van der Waals surface area contributed by atoms with Crippen LogP contribution in [0.4, 0.5) is 0 Å². The highest BCUT2D eigenvalue weighted by molar-refractivity contribution is 5.85. The van der Waals surface area contributed by atoms with Gasteiger partial charge >= 0.3 is 5.97 Å². The Hall–Kier alpha value is -0.320. The summed E-state index contributed by atoms with van der Waals surface area (Å²) in [6.07, 6.45) is 0.388. The number of carbonyl (C=O) groups is 1. The van der Waals surface area contributed by atoms with Crippen LogP contribution in [-0.2, 0) is 9.53 Å². The molecule has 90 valence electrons. The van der Waals surface area contributed by atoms with Crippen LogP contribution in [0.2, 0.25) is 0 Å². The van der Waals surface area contributed by atoms with Crippen molar-refractivity contribution >= 4 is 18.4 Å². The first-order valence-electron chi connectivity index (χ1n) is 4.96. The standard InChI is InChI=1S/C10H19NO3.ClH/c1-10(2,3)14-9(13)6-4-7(11)8(12)5-6;/h6-8,12H,4-5,11H2,1-3H3;1H/t6-,7+,8+;/m1./s1. The van der Waals surface area contributed by atoms with E-state index in [0.29, 0.717) is 12.8 Å². The first-order valence-corrected chi connectivity index (χ1v) is 4.96. The quantitative estimate of drug-likeness (QED) is 0.664. The molecule has 0 aromatic heterocycles. The van der Waals surface area contributed by atoms with E-state index in [1.165, 1.54) is 0 Å². The van der Waals surface area contributed by atoms with Crippen molar-refractivity contribution in [3.8, 4) is 0 Å². The third-order valence-electron chi connectivity index (χ3n) is 2.32. The molecule has 0 aromatic rings. The zero-order valence-electron chi connectivity index (χ0n) is 9.40. The third kappa shape index (κ3) is 4.36. The molecule has 0 saturated heterocycles. The van der Waals surface area contributed by atoms with Crippen molar-refractivity contribution in [3.05, 3.63) is 0 Å². The van der Waals surface area contributed by atoms with Crippen LogP contribution in [0.15, 0.2) is 0 Å². The minimum absolute atomic E-state index is 0. The van der Waals surface area contributed by atoms with Gasteiger partial charge in [-0.3, -0.25) is 4.79 Å². The summed E-state index contributed by atoms with van der Waals surface area (Å²) >= 11 is 0. The van der Waals surface area contributed by atoms with Crippen LogP contribution < -0.4 is 5.73 Å². The number of hydrogen-bond acceptors (Lipinski definition) is 4. The van der Waals surface area contributed by atoms with Crippen molar-refractivity contribution in [1.29, 1.82) is 0 Å². The van der Waals surface area contributed by atoms with Gasteiger partial charge in [-0.1, -0.05) is 0 Å². The molecule has 3 N–H and O–H groups in total. The van der Waals surface area contributed by atoms with Gasteiger partial charge in [-0.05, 0) is 33.6 Å². The van der Waals surface area contributed by atoms with E-state index in [-0.39, 0.29) is 30.3 Å². The number of ether oxygens (including phenoxy) is 1. The van der Waals surface area contributed by atoms with Gasteiger partial charge in [0.2, 0.25) is 0 Å². The average Bonchev–Trinajstić information content (AvgIpc) is 2.28. The third-order valence-corrected chi connectivity index (χ3v) is 2.32. The van der Waals surface area contributed by atoms with E-state index in [0.717, 1.165) is 0 Å². The van der Waals surface area contributed by atoms with Crippen LogP contribution in [-0.4, -0.2) is 28.8 Å². The molecule has 0 unspecified atom stereocenters. The second-order valence-corrected chi connectivity index (χ2v) is 4.93. The Balaban J connectivity index is 0.00000196. The monoisotopic (exact) mass is 237 g/mol. The van der Waals surface area contributed by atoms with Gasteiger partial charge in [-0.25, -0.2) is 0 Å². The molecular formula is C10H20ClNO3. The summed E-state index contributed by atoms with van der Waals surface area (Å²) in [4.78, 5) is 11.6. The van der Waals surface area contributed by atoms with Crippen molar-refractivity contribution in [2.75, 3.05) is 0 Å². The summed E-state index contributed by atoms with van der Waals surface area (Å²) in [6.45, 7) is 5.49. The van der Waals surface area contributed by atoms with Crippen molar-refractivity contribution in [1.82, 2.24) is 0 Å². The Morgan fingerprint density at radius 1 is 1.40 bits per heavy atom. The van der Waals surface area contributed by atoms with Crippen molar-refractivity contribution in [3.63, 3.8) is 0 Å². The van der Waals surface area contributed by atoms with Crippen LogP contribution >= 0.6 is 12.4 Å². The fraction of sp³-hybridized carbons (Fsp3) is 0.900. The topological polar surface area (TPSA) is 72.5 Å². The molecule has 15 heavy (non-hydrogen) atoms. The van der Waals surface area contributed by atoms with Crippen LogP contribution in [0.25, 0.3) is 0 Å². The summed E-state index contributed by atoms with van der Waals surface area (Å²) in [5, 5.41) is 9.38. The number of nitrogens with two attached hydrogens (primary N) is 1. The average molecular weight is 238 g/mol. The lowest BCUT2D eigenvalue weighted by molar-refractivity contribution is -0.160. The number of halogens is 1. The molecule has 0 aromatic carbocycles. The van der Waals surface area contributed by atoms with Crippen molar-refractivity contribution < 1.29 is 14.6 Å². The molecule has 0 aliphatic heterocycles. The summed E-state index contributed by atoms with van der Waals surface area (Å²) in [5.41, 5.74) is 5.15. The van der Waals surface area contributed by atoms with Gasteiger partial charge in [0.1, 0.15) is 5.60 Å². The summed E-state index contributed by atoms with van der Waals surface area (Å²) in [6, 6.07) is -0.285. The van der Waals surface area contributed by atoms with E-state index in [9.17, 15) is 9.90 Å². The summed E-state index contributed by atoms with van der Waals surface area (Å²) in [7, 11) is 0. The Bertz CT molecular complexity index is 217. The highest BCUT2D eigenvalue weighted by Crippen LogP contribution is 2.27. The van der Waals surface area contributed by atoms with Crippen molar-refractivity contribution in [2.24, 2.45) is 11.7 Å². The van der Waals surface area contributed by atoms with Crippen LogP contribution in [0.1, 0.15) is 33.6 Å². The lowest BCUT2D eigenvalue weighted by atomic mass is 10.1. The molecule has 0 radical (unpaired) electrons. The summed E-state index contributed by atoms with van der Waals surface area (Å²) < 4.78 is 5.21. The maximum Gasteiger partial charge on any atom is 0.309 e. The summed E-state index contributed by atoms with van der Waals surface area (Å²) in [5.74, 6) is -0.483. The van der Waals surface area contributed by atoms with Gasteiger partial charge in [0.05, 0.1) is 12.0 Å². The maximum absolute atomic E-state index is 11.6. The Morgan fingerprint density at radius 3 is 2.27 bits per heavy atom. The van der Waals surface area contributed by atoms with Gasteiger partial charge in [0, 0.05) is 6.04 Å². The second kappa shape index (κ2) is 5.14. The van der Waals surface area contributed by atoms with E-state index in [1.807, 2.05) is 20.8 Å². The van der Waals surface area contributed by atoms with Gasteiger partial charge in [0.15, 0.2) is 0 Å². The molecule has 1 fully saturated rings. The molecular weight excluding hydrogens is 218 g/mol. The number of aliphatic hydroxyl groups is 1. The van der Waals surface area contributed by atoms with Gasteiger partial charge in [-0.15, -0.1) is 12.4 Å². The fourth-order valence-electron chi connectivity index (χ4n) is 1.63. The predicted octanol–water partition coefficient (Wildman–Crippen LogP) is 0.848. The van der Waals surface area contributed by atoms with E-state index < -0.39 is 11.7 Å². The SMILES string of the molecule is CC(C)(C)OC(=O)[C@@H]1C[C@H](N)[C@@H](O)C1.Cl. The van der Waals surface area contributed by atoms with E-state index in [4.69, 9.17) is 10.5 Å². The predicted molar refractivity (Wildman–Crippen MR) is 59.8 cm³/mol. The largest absolute Gasteiger partial charge is 0.460 e. The van der Waals surface area contributed by atoms with Gasteiger partial charge in [0.25, 0.3) is 0 Å². The highest BCUT2D eigenvalue weighted by atomic mass is 35.5. The van der Waals surface area contributed by atoms with Crippen LogP contribution in [0.3, 0.4) is 0 Å². The molecule has 3 atom stereocenters. The molecule has 0 spiro atoms.